The molecule has 2 rings (SSSR count). The summed E-state index contributed by atoms with van der Waals surface area (Å²) < 4.78 is 24.4. The van der Waals surface area contributed by atoms with Gasteiger partial charge >= 0.3 is 0 Å². The lowest BCUT2D eigenvalue weighted by atomic mass is 10.1. The molecular formula is C16H22IN3O3S2. The first-order valence-corrected chi connectivity index (χ1v) is 10.0. The number of aliphatic hydroxyl groups excluding tert-OH is 1. The number of aliphatic imine (C=N–C) groups is 1. The minimum Gasteiger partial charge on any atom is -0.390 e. The molecule has 0 aliphatic rings. The Kier molecular flexibility index (Phi) is 8.83. The molecule has 0 saturated heterocycles. The van der Waals surface area contributed by atoms with E-state index in [0.717, 1.165) is 29.0 Å². The molecule has 0 saturated carbocycles. The summed E-state index contributed by atoms with van der Waals surface area (Å²) in [4.78, 5) is 4.01. The number of rotatable bonds is 7. The Morgan fingerprint density at radius 2 is 2.12 bits per heavy atom. The molecule has 0 bridgehead atoms. The van der Waals surface area contributed by atoms with Crippen LogP contribution in [-0.2, 0) is 16.3 Å². The Hall–Kier alpha value is -1.17. The van der Waals surface area contributed by atoms with Crippen molar-refractivity contribution in [3.63, 3.8) is 0 Å². The second kappa shape index (κ2) is 10.1. The van der Waals surface area contributed by atoms with Gasteiger partial charge in [0.2, 0.25) is 0 Å². The average Bonchev–Trinajstić information content (AvgIpc) is 3.08. The fraction of sp³-hybridized carbons (Fsp3) is 0.312. The third-order valence-corrected chi connectivity index (χ3v) is 6.58. The summed E-state index contributed by atoms with van der Waals surface area (Å²) in [5.41, 5.74) is 7.75. The molecule has 1 heterocycles. The van der Waals surface area contributed by atoms with Crippen molar-refractivity contribution in [1.82, 2.24) is 0 Å². The van der Waals surface area contributed by atoms with Gasteiger partial charge in [0.1, 0.15) is 4.21 Å². The van der Waals surface area contributed by atoms with E-state index in [-0.39, 0.29) is 46.4 Å². The van der Waals surface area contributed by atoms with Crippen LogP contribution in [0.15, 0.2) is 51.0 Å². The second-order valence-corrected chi connectivity index (χ2v) is 8.48. The van der Waals surface area contributed by atoms with Crippen LogP contribution in [0.3, 0.4) is 0 Å². The lowest BCUT2D eigenvalue weighted by Gasteiger charge is -2.10. The average molecular weight is 495 g/mol. The number of anilines is 1. The molecule has 138 valence electrons. The fourth-order valence-corrected chi connectivity index (χ4v) is 4.56. The van der Waals surface area contributed by atoms with Crippen LogP contribution in [0.25, 0.3) is 0 Å². The predicted molar refractivity (Wildman–Crippen MR) is 114 cm³/mol. The maximum Gasteiger partial charge on any atom is 0.193 e. The fourth-order valence-electron chi connectivity index (χ4n) is 2.09. The number of nitrogens with one attached hydrogen (secondary N) is 1. The summed E-state index contributed by atoms with van der Waals surface area (Å²) in [5.74, 6) is -0.244. The lowest BCUT2D eigenvalue weighted by Crippen LogP contribution is -2.28. The molecule has 0 radical (unpaired) electrons. The van der Waals surface area contributed by atoms with E-state index < -0.39 is 15.9 Å². The summed E-state index contributed by atoms with van der Waals surface area (Å²) in [6.07, 6.45) is -0.203. The standard InChI is InChI=1S/C16H21N3O3S2.HI/c1-2-12-5-3-6-13(9-12)19-16(17)18-10-14(20)11-24(21,22)15-7-4-8-23-15;/h3-9,14,20H,2,10-11H2,1H3,(H3,17,18,19);1H. The van der Waals surface area contributed by atoms with Crippen molar-refractivity contribution in [2.24, 2.45) is 10.7 Å². The van der Waals surface area contributed by atoms with E-state index in [1.807, 2.05) is 24.3 Å². The van der Waals surface area contributed by atoms with E-state index in [1.165, 1.54) is 6.07 Å². The van der Waals surface area contributed by atoms with Gasteiger partial charge in [0.05, 0.1) is 18.4 Å². The number of hydrogen-bond acceptors (Lipinski definition) is 5. The lowest BCUT2D eigenvalue weighted by molar-refractivity contribution is 0.206. The molecule has 4 N–H and O–H groups in total. The van der Waals surface area contributed by atoms with Gasteiger partial charge in [-0.2, -0.15) is 0 Å². The van der Waals surface area contributed by atoms with Crippen LogP contribution in [0.2, 0.25) is 0 Å². The quantitative estimate of drug-likeness (QED) is 0.311. The van der Waals surface area contributed by atoms with E-state index in [1.54, 1.807) is 11.4 Å². The smallest absolute Gasteiger partial charge is 0.193 e. The number of guanidine groups is 1. The molecule has 1 aromatic carbocycles. The van der Waals surface area contributed by atoms with Gasteiger partial charge in [0.15, 0.2) is 15.8 Å². The molecule has 1 aromatic heterocycles. The highest BCUT2D eigenvalue weighted by Crippen LogP contribution is 2.18. The van der Waals surface area contributed by atoms with E-state index in [0.29, 0.717) is 0 Å². The van der Waals surface area contributed by atoms with Crippen LogP contribution >= 0.6 is 35.3 Å². The minimum atomic E-state index is -3.49. The van der Waals surface area contributed by atoms with Crippen molar-refractivity contribution in [3.05, 3.63) is 47.3 Å². The Morgan fingerprint density at radius 3 is 2.76 bits per heavy atom. The molecule has 6 nitrogen and oxygen atoms in total. The number of hydrogen-bond donors (Lipinski definition) is 3. The summed E-state index contributed by atoms with van der Waals surface area (Å²) >= 11 is 1.13. The van der Waals surface area contributed by atoms with Gasteiger partial charge in [-0.3, -0.25) is 4.99 Å². The topological polar surface area (TPSA) is 105 Å². The monoisotopic (exact) mass is 495 g/mol. The highest BCUT2D eigenvalue weighted by molar-refractivity contribution is 14.0. The molecule has 2 aromatic rings. The first kappa shape index (κ1) is 21.9. The number of aliphatic hydroxyl groups is 1. The van der Waals surface area contributed by atoms with Crippen LogP contribution < -0.4 is 11.1 Å². The van der Waals surface area contributed by atoms with Crippen molar-refractivity contribution >= 4 is 56.8 Å². The third kappa shape index (κ3) is 6.92. The van der Waals surface area contributed by atoms with Crippen molar-refractivity contribution in [1.29, 1.82) is 0 Å². The zero-order valence-corrected chi connectivity index (χ0v) is 17.7. The van der Waals surface area contributed by atoms with Crippen molar-refractivity contribution < 1.29 is 13.5 Å². The Bertz CT molecular complexity index is 793. The molecule has 0 amide bonds. The molecule has 25 heavy (non-hydrogen) atoms. The molecule has 0 spiro atoms. The van der Waals surface area contributed by atoms with Crippen LogP contribution in [0.5, 0.6) is 0 Å². The Labute approximate surface area is 169 Å². The van der Waals surface area contributed by atoms with Gasteiger partial charge in [0.25, 0.3) is 0 Å². The Morgan fingerprint density at radius 1 is 1.36 bits per heavy atom. The largest absolute Gasteiger partial charge is 0.390 e. The first-order chi connectivity index (χ1) is 11.4. The maximum absolute atomic E-state index is 12.1. The molecule has 1 atom stereocenters. The maximum atomic E-state index is 12.1. The second-order valence-electron chi connectivity index (χ2n) is 5.27. The minimum absolute atomic E-state index is 0. The summed E-state index contributed by atoms with van der Waals surface area (Å²) in [5, 5.41) is 14.5. The number of thiophene rings is 1. The highest BCUT2D eigenvalue weighted by Gasteiger charge is 2.20. The summed E-state index contributed by atoms with van der Waals surface area (Å²) in [6.45, 7) is 1.97. The van der Waals surface area contributed by atoms with Gasteiger partial charge in [-0.1, -0.05) is 25.1 Å². The summed E-state index contributed by atoms with van der Waals surface area (Å²) in [7, 11) is -3.49. The van der Waals surface area contributed by atoms with Gasteiger partial charge in [-0.25, -0.2) is 8.42 Å². The van der Waals surface area contributed by atoms with Crippen LogP contribution in [0.4, 0.5) is 5.69 Å². The first-order valence-electron chi connectivity index (χ1n) is 7.51. The molecule has 9 heteroatoms. The SMILES string of the molecule is CCc1cccc(NC(N)=NCC(O)CS(=O)(=O)c2cccs2)c1.I. The highest BCUT2D eigenvalue weighted by atomic mass is 127. The zero-order valence-electron chi connectivity index (χ0n) is 13.8. The number of aryl methyl sites for hydroxylation is 1. The predicted octanol–water partition coefficient (Wildman–Crippen LogP) is 2.49. The number of nitrogens with zero attached hydrogens (tertiary/aromatic N) is 1. The molecule has 0 aliphatic heterocycles. The summed E-state index contributed by atoms with van der Waals surface area (Å²) in [6, 6.07) is 10.9. The van der Waals surface area contributed by atoms with Crippen LogP contribution in [-0.4, -0.2) is 37.9 Å². The molecule has 0 aliphatic carbocycles. The van der Waals surface area contributed by atoms with Crippen molar-refractivity contribution in [3.8, 4) is 0 Å². The number of nitrogens with two attached hydrogens (primary N) is 1. The number of sulfone groups is 1. The van der Waals surface area contributed by atoms with E-state index >= 15 is 0 Å². The van der Waals surface area contributed by atoms with Gasteiger partial charge in [-0.05, 0) is 35.6 Å². The third-order valence-electron chi connectivity index (χ3n) is 3.29. The van der Waals surface area contributed by atoms with Crippen molar-refractivity contribution in [2.45, 2.75) is 23.7 Å². The van der Waals surface area contributed by atoms with Crippen molar-refractivity contribution in [2.75, 3.05) is 17.6 Å². The molecular weight excluding hydrogens is 473 g/mol. The van der Waals surface area contributed by atoms with E-state index in [4.69, 9.17) is 5.73 Å². The van der Waals surface area contributed by atoms with Crippen LogP contribution in [0, 0.1) is 0 Å². The van der Waals surface area contributed by atoms with E-state index in [2.05, 4.69) is 17.2 Å². The zero-order chi connectivity index (χ0) is 17.6. The van der Waals surface area contributed by atoms with Gasteiger partial charge in [-0.15, -0.1) is 35.3 Å². The number of benzene rings is 1. The van der Waals surface area contributed by atoms with E-state index in [9.17, 15) is 13.5 Å². The molecule has 1 unspecified atom stereocenters. The van der Waals surface area contributed by atoms with Gasteiger partial charge < -0.3 is 16.2 Å². The Balaban J connectivity index is 0.00000312. The van der Waals surface area contributed by atoms with Crippen LogP contribution in [0.1, 0.15) is 12.5 Å². The normalized spacial score (nSPS) is 13.1. The molecule has 0 fully saturated rings. The van der Waals surface area contributed by atoms with Gasteiger partial charge in [0, 0.05) is 5.69 Å². The number of halogens is 1.